The Kier molecular flexibility index (Phi) is 3.23. The number of amides is 2. The molecule has 2 heterocycles. The summed E-state index contributed by atoms with van der Waals surface area (Å²) in [5.41, 5.74) is 0.119. The van der Waals surface area contributed by atoms with Crippen LogP contribution in [0.25, 0.3) is 0 Å². The van der Waals surface area contributed by atoms with Crippen LogP contribution in [0.15, 0.2) is 42.2 Å². The van der Waals surface area contributed by atoms with Crippen LogP contribution in [0, 0.1) is 17.8 Å². The molecule has 2 amide bonds. The average molecular weight is 327 g/mol. The topological polar surface area (TPSA) is 81.7 Å². The Morgan fingerprint density at radius 1 is 1.12 bits per heavy atom. The SMILES string of the molecule is CC12OC(=O)C=C(OCCc3ccccc3)C1C1C(=O)NC(=O)C12. The van der Waals surface area contributed by atoms with Crippen molar-refractivity contribution in [1.82, 2.24) is 5.32 Å². The number of esters is 1. The summed E-state index contributed by atoms with van der Waals surface area (Å²) in [5, 5.41) is 2.33. The van der Waals surface area contributed by atoms with Crippen molar-refractivity contribution in [3.8, 4) is 0 Å². The Hall–Kier alpha value is -2.63. The first-order valence-corrected chi connectivity index (χ1v) is 7.97. The van der Waals surface area contributed by atoms with E-state index in [0.717, 1.165) is 5.56 Å². The Morgan fingerprint density at radius 2 is 1.88 bits per heavy atom. The van der Waals surface area contributed by atoms with Crippen LogP contribution in [0.2, 0.25) is 0 Å². The number of rotatable bonds is 4. The standard InChI is InChI=1S/C18H17NO5/c1-18-14(13-15(18)17(22)19-16(13)21)11(9-12(20)24-18)23-8-7-10-5-3-2-4-6-10/h2-6,9,13-15H,7-8H2,1H3,(H,19,21,22). The van der Waals surface area contributed by atoms with Gasteiger partial charge in [0.25, 0.3) is 0 Å². The first-order valence-electron chi connectivity index (χ1n) is 7.97. The molecule has 0 spiro atoms. The molecule has 4 rings (SSSR count). The number of hydrogen-bond acceptors (Lipinski definition) is 5. The van der Waals surface area contributed by atoms with E-state index in [0.29, 0.717) is 18.8 Å². The molecule has 6 nitrogen and oxygen atoms in total. The molecule has 1 saturated heterocycles. The van der Waals surface area contributed by atoms with Gasteiger partial charge in [-0.3, -0.25) is 14.9 Å². The van der Waals surface area contributed by atoms with E-state index >= 15 is 0 Å². The minimum absolute atomic E-state index is 0.317. The van der Waals surface area contributed by atoms with Gasteiger partial charge in [-0.25, -0.2) is 4.79 Å². The van der Waals surface area contributed by atoms with Crippen molar-refractivity contribution < 1.29 is 23.9 Å². The first kappa shape index (κ1) is 14.9. The van der Waals surface area contributed by atoms with E-state index in [1.807, 2.05) is 30.3 Å². The van der Waals surface area contributed by atoms with E-state index < -0.39 is 29.3 Å². The number of benzene rings is 1. The van der Waals surface area contributed by atoms with Crippen LogP contribution >= 0.6 is 0 Å². The lowest BCUT2D eigenvalue weighted by atomic mass is 9.53. The minimum Gasteiger partial charge on any atom is -0.497 e. The molecular formula is C18H17NO5. The molecule has 1 aromatic rings. The monoisotopic (exact) mass is 327 g/mol. The molecule has 1 aromatic carbocycles. The molecule has 124 valence electrons. The van der Waals surface area contributed by atoms with Crippen LogP contribution in [0.5, 0.6) is 0 Å². The van der Waals surface area contributed by atoms with Crippen molar-refractivity contribution in [2.45, 2.75) is 18.9 Å². The van der Waals surface area contributed by atoms with E-state index in [9.17, 15) is 14.4 Å². The summed E-state index contributed by atoms with van der Waals surface area (Å²) >= 11 is 0. The summed E-state index contributed by atoms with van der Waals surface area (Å²) in [4.78, 5) is 35.8. The third-order valence-corrected chi connectivity index (χ3v) is 5.17. The highest BCUT2D eigenvalue weighted by Gasteiger charge is 2.73. The number of ether oxygens (including phenoxy) is 2. The molecule has 4 unspecified atom stereocenters. The Balaban J connectivity index is 1.51. The quantitative estimate of drug-likeness (QED) is 0.658. The third kappa shape index (κ3) is 2.06. The molecular weight excluding hydrogens is 310 g/mol. The second-order valence-corrected chi connectivity index (χ2v) is 6.57. The highest BCUT2D eigenvalue weighted by Crippen LogP contribution is 2.58. The molecule has 0 radical (unpaired) electrons. The zero-order valence-corrected chi connectivity index (χ0v) is 13.2. The van der Waals surface area contributed by atoms with Gasteiger partial charge in [0.1, 0.15) is 11.4 Å². The average Bonchev–Trinajstić information content (AvgIpc) is 2.78. The van der Waals surface area contributed by atoms with Crippen molar-refractivity contribution in [2.24, 2.45) is 17.8 Å². The maximum absolute atomic E-state index is 12.0. The van der Waals surface area contributed by atoms with E-state index in [1.165, 1.54) is 6.08 Å². The summed E-state index contributed by atoms with van der Waals surface area (Å²) in [6.45, 7) is 2.09. The van der Waals surface area contributed by atoms with Gasteiger partial charge in [-0.15, -0.1) is 0 Å². The van der Waals surface area contributed by atoms with Crippen LogP contribution in [-0.4, -0.2) is 30.0 Å². The van der Waals surface area contributed by atoms with Crippen molar-refractivity contribution in [3.63, 3.8) is 0 Å². The van der Waals surface area contributed by atoms with Gasteiger partial charge in [-0.05, 0) is 12.5 Å². The van der Waals surface area contributed by atoms with Gasteiger partial charge in [0.2, 0.25) is 11.8 Å². The van der Waals surface area contributed by atoms with E-state index in [-0.39, 0.29) is 11.8 Å². The van der Waals surface area contributed by atoms with Gasteiger partial charge in [0, 0.05) is 6.42 Å². The van der Waals surface area contributed by atoms with Crippen molar-refractivity contribution in [1.29, 1.82) is 0 Å². The molecule has 6 heteroatoms. The van der Waals surface area contributed by atoms with Crippen molar-refractivity contribution >= 4 is 17.8 Å². The number of hydrogen-bond donors (Lipinski definition) is 1. The van der Waals surface area contributed by atoms with Crippen molar-refractivity contribution in [2.75, 3.05) is 6.61 Å². The molecule has 1 N–H and O–H groups in total. The molecule has 2 aliphatic heterocycles. The summed E-state index contributed by atoms with van der Waals surface area (Å²) in [5.74, 6) is -2.32. The minimum atomic E-state index is -1.01. The largest absolute Gasteiger partial charge is 0.497 e. The molecule has 2 fully saturated rings. The number of imide groups is 1. The molecule has 3 aliphatic rings. The lowest BCUT2D eigenvalue weighted by molar-refractivity contribution is -0.211. The van der Waals surface area contributed by atoms with E-state index in [1.54, 1.807) is 6.92 Å². The van der Waals surface area contributed by atoms with Gasteiger partial charge in [-0.2, -0.15) is 0 Å². The predicted molar refractivity (Wildman–Crippen MR) is 82.3 cm³/mol. The summed E-state index contributed by atoms with van der Waals surface area (Å²) < 4.78 is 11.2. The van der Waals surface area contributed by atoms with E-state index in [4.69, 9.17) is 9.47 Å². The second-order valence-electron chi connectivity index (χ2n) is 6.57. The lowest BCUT2D eigenvalue weighted by Crippen LogP contribution is -2.66. The van der Waals surface area contributed by atoms with Gasteiger partial charge in [0.05, 0.1) is 30.4 Å². The molecule has 1 saturated carbocycles. The highest BCUT2D eigenvalue weighted by molar-refractivity contribution is 6.08. The zero-order chi connectivity index (χ0) is 16.9. The van der Waals surface area contributed by atoms with Crippen molar-refractivity contribution in [3.05, 3.63) is 47.7 Å². The lowest BCUT2D eigenvalue weighted by Gasteiger charge is -2.54. The van der Waals surface area contributed by atoms with Gasteiger partial charge < -0.3 is 9.47 Å². The fourth-order valence-corrected chi connectivity index (χ4v) is 4.09. The van der Waals surface area contributed by atoms with Crippen LogP contribution in [-0.2, 0) is 30.3 Å². The summed E-state index contributed by atoms with van der Waals surface area (Å²) in [6.07, 6.45) is 1.99. The predicted octanol–water partition coefficient (Wildman–Crippen LogP) is 0.964. The normalized spacial score (nSPS) is 33.6. The summed E-state index contributed by atoms with van der Waals surface area (Å²) in [6, 6.07) is 9.85. The number of nitrogens with one attached hydrogen (secondary N) is 1. The fourth-order valence-electron chi connectivity index (χ4n) is 4.09. The van der Waals surface area contributed by atoms with Gasteiger partial charge in [0.15, 0.2) is 0 Å². The smallest absolute Gasteiger partial charge is 0.334 e. The molecule has 4 atom stereocenters. The maximum Gasteiger partial charge on any atom is 0.334 e. The van der Waals surface area contributed by atoms with Gasteiger partial charge in [-0.1, -0.05) is 30.3 Å². The molecule has 0 aromatic heterocycles. The highest BCUT2D eigenvalue weighted by atomic mass is 16.6. The number of carbonyl (C=O) groups is 3. The Morgan fingerprint density at radius 3 is 2.62 bits per heavy atom. The molecule has 24 heavy (non-hydrogen) atoms. The third-order valence-electron chi connectivity index (χ3n) is 5.17. The van der Waals surface area contributed by atoms with E-state index in [2.05, 4.69) is 5.32 Å². The van der Waals surface area contributed by atoms with Crippen LogP contribution in [0.4, 0.5) is 0 Å². The Labute approximate surface area is 138 Å². The summed E-state index contributed by atoms with van der Waals surface area (Å²) in [7, 11) is 0. The number of fused-ring (bicyclic) bond motifs is 4. The fraction of sp³-hybridized carbons (Fsp3) is 0.389. The van der Waals surface area contributed by atoms with Gasteiger partial charge >= 0.3 is 5.97 Å². The zero-order valence-electron chi connectivity index (χ0n) is 13.2. The second kappa shape index (κ2) is 5.19. The molecule has 0 bridgehead atoms. The van der Waals surface area contributed by atoms with Crippen LogP contribution in [0.3, 0.4) is 0 Å². The number of carbonyl (C=O) groups excluding carboxylic acids is 3. The van der Waals surface area contributed by atoms with Crippen LogP contribution in [0.1, 0.15) is 12.5 Å². The maximum atomic E-state index is 12.0. The molecule has 1 aliphatic carbocycles. The first-order chi connectivity index (χ1) is 11.5. The Bertz CT molecular complexity index is 756. The van der Waals surface area contributed by atoms with Crippen LogP contribution < -0.4 is 5.32 Å².